The zero-order chi connectivity index (χ0) is 22.2. The van der Waals surface area contributed by atoms with E-state index in [1.807, 2.05) is 30.3 Å². The molecule has 4 rings (SSSR count). The molecular weight excluding hydrogens is 404 g/mol. The Balaban J connectivity index is 0.000000293. The molecule has 0 radical (unpaired) electrons. The highest BCUT2D eigenvalue weighted by Gasteiger charge is 2.29. The number of benzene rings is 2. The lowest BCUT2D eigenvalue weighted by Crippen LogP contribution is -2.38. The Morgan fingerprint density at radius 3 is 2.48 bits per heavy atom. The van der Waals surface area contributed by atoms with Crippen LogP contribution in [-0.4, -0.2) is 47.3 Å². The summed E-state index contributed by atoms with van der Waals surface area (Å²) < 4.78 is 11.9. The monoisotopic (exact) mass is 426 g/mol. The van der Waals surface area contributed by atoms with Crippen molar-refractivity contribution in [1.29, 1.82) is 0 Å². The topological polar surface area (TPSA) is 134 Å². The second-order valence-corrected chi connectivity index (χ2v) is 6.82. The molecule has 0 aromatic heterocycles. The minimum absolute atomic E-state index is 0.00123. The maximum absolute atomic E-state index is 11.6. The van der Waals surface area contributed by atoms with Gasteiger partial charge in [-0.25, -0.2) is 9.59 Å². The molecule has 0 saturated carbocycles. The average Bonchev–Trinajstić information content (AvgIpc) is 3.14. The van der Waals surface area contributed by atoms with E-state index >= 15 is 0 Å². The van der Waals surface area contributed by atoms with Crippen LogP contribution in [0.2, 0.25) is 0 Å². The molecule has 4 N–H and O–H groups in total. The van der Waals surface area contributed by atoms with Crippen molar-refractivity contribution < 1.29 is 34.1 Å². The molecule has 0 spiro atoms. The second kappa shape index (κ2) is 10.3. The van der Waals surface area contributed by atoms with Gasteiger partial charge in [0.2, 0.25) is 5.91 Å². The van der Waals surface area contributed by atoms with E-state index in [1.165, 1.54) is 5.56 Å². The van der Waals surface area contributed by atoms with Crippen molar-refractivity contribution in [1.82, 2.24) is 5.32 Å². The van der Waals surface area contributed by atoms with E-state index in [4.69, 9.17) is 19.7 Å². The Hall–Kier alpha value is -3.85. The molecule has 0 bridgehead atoms. The number of anilines is 1. The summed E-state index contributed by atoms with van der Waals surface area (Å²) in [4.78, 5) is 30.7. The average molecular weight is 426 g/mol. The highest BCUT2D eigenvalue weighted by molar-refractivity contribution is 6.00. The maximum Gasteiger partial charge on any atom is 0.328 e. The summed E-state index contributed by atoms with van der Waals surface area (Å²) in [7, 11) is 0. The lowest BCUT2D eigenvalue weighted by molar-refractivity contribution is -0.134. The number of hydrogen-bond acceptors (Lipinski definition) is 6. The molecule has 0 aliphatic carbocycles. The standard InChI is InChI=1S/C18H18N2O3.C4H4O4/c21-17-8-14-15(20-17)6-7-16-18(14)23-13(11-22-16)10-19-9-12-4-2-1-3-5-12;5-3(6)1-2-4(7)8/h1-7,13,19H,8-11H2,(H,20,21);1-2H,(H,5,6)(H,7,8)/t13-;/m0./s1. The van der Waals surface area contributed by atoms with Gasteiger partial charge in [-0.3, -0.25) is 4.79 Å². The summed E-state index contributed by atoms with van der Waals surface area (Å²) in [6.45, 7) is 1.99. The van der Waals surface area contributed by atoms with Crippen molar-refractivity contribution in [2.45, 2.75) is 19.1 Å². The fraction of sp³-hybridized carbons (Fsp3) is 0.227. The van der Waals surface area contributed by atoms with Crippen LogP contribution in [0, 0.1) is 0 Å². The third-order valence-electron chi connectivity index (χ3n) is 4.46. The molecule has 162 valence electrons. The number of fused-ring (bicyclic) bond motifs is 3. The first-order valence-electron chi connectivity index (χ1n) is 9.56. The molecule has 9 nitrogen and oxygen atoms in total. The SMILES string of the molecule is O=C(O)C=CC(=O)O.O=C1Cc2c(ccc3c2O[C@@H](CNCc2ccccc2)CO3)N1. The number of aliphatic carboxylic acids is 2. The molecule has 9 heteroatoms. The van der Waals surface area contributed by atoms with Crippen LogP contribution >= 0.6 is 0 Å². The summed E-state index contributed by atoms with van der Waals surface area (Å²) >= 11 is 0. The minimum atomic E-state index is -1.26. The molecule has 2 aliphatic rings. The van der Waals surface area contributed by atoms with E-state index in [2.05, 4.69) is 22.8 Å². The van der Waals surface area contributed by atoms with Crippen LogP contribution in [0.4, 0.5) is 5.69 Å². The molecular formula is C22H22N2O7. The Morgan fingerprint density at radius 2 is 1.81 bits per heavy atom. The lowest BCUT2D eigenvalue weighted by atomic mass is 10.1. The van der Waals surface area contributed by atoms with Crippen molar-refractivity contribution in [3.8, 4) is 11.5 Å². The van der Waals surface area contributed by atoms with E-state index in [-0.39, 0.29) is 12.0 Å². The summed E-state index contributed by atoms with van der Waals surface area (Å²) in [6, 6.07) is 14.0. The molecule has 1 atom stereocenters. The molecule has 2 aromatic carbocycles. The van der Waals surface area contributed by atoms with Crippen LogP contribution < -0.4 is 20.1 Å². The Morgan fingerprint density at radius 1 is 1.10 bits per heavy atom. The van der Waals surface area contributed by atoms with Gasteiger partial charge < -0.3 is 30.3 Å². The van der Waals surface area contributed by atoms with Gasteiger partial charge in [0, 0.05) is 36.5 Å². The highest BCUT2D eigenvalue weighted by Crippen LogP contribution is 2.41. The molecule has 2 aliphatic heterocycles. The molecule has 31 heavy (non-hydrogen) atoms. The molecule has 0 fully saturated rings. The van der Waals surface area contributed by atoms with E-state index in [9.17, 15) is 14.4 Å². The van der Waals surface area contributed by atoms with Gasteiger partial charge in [0.1, 0.15) is 12.7 Å². The predicted octanol–water partition coefficient (Wildman–Crippen LogP) is 1.82. The van der Waals surface area contributed by atoms with Crippen molar-refractivity contribution in [2.75, 3.05) is 18.5 Å². The molecule has 0 unspecified atom stereocenters. The Labute approximate surface area is 178 Å². The molecule has 2 aromatic rings. The first-order chi connectivity index (χ1) is 14.9. The number of carbonyl (C=O) groups is 3. The van der Waals surface area contributed by atoms with Crippen molar-refractivity contribution in [3.05, 3.63) is 65.7 Å². The Bertz CT molecular complexity index is 973. The number of nitrogens with one attached hydrogen (secondary N) is 2. The smallest absolute Gasteiger partial charge is 0.328 e. The van der Waals surface area contributed by atoms with Crippen molar-refractivity contribution in [3.63, 3.8) is 0 Å². The first-order valence-corrected chi connectivity index (χ1v) is 9.56. The quantitative estimate of drug-likeness (QED) is 0.514. The van der Waals surface area contributed by atoms with Crippen LogP contribution in [0.3, 0.4) is 0 Å². The van der Waals surface area contributed by atoms with E-state index in [0.29, 0.717) is 37.5 Å². The Kier molecular flexibility index (Phi) is 7.23. The number of amides is 1. The molecule has 1 amide bonds. The number of hydrogen-bond donors (Lipinski definition) is 4. The normalized spacial score (nSPS) is 16.1. The fourth-order valence-electron chi connectivity index (χ4n) is 3.10. The van der Waals surface area contributed by atoms with Crippen molar-refractivity contribution >= 4 is 23.5 Å². The first kappa shape index (κ1) is 21.8. The maximum atomic E-state index is 11.6. The zero-order valence-corrected chi connectivity index (χ0v) is 16.5. The predicted molar refractivity (Wildman–Crippen MR) is 111 cm³/mol. The highest BCUT2D eigenvalue weighted by atomic mass is 16.6. The van der Waals surface area contributed by atoms with Gasteiger partial charge in [0.05, 0.1) is 6.42 Å². The summed E-state index contributed by atoms with van der Waals surface area (Å²) in [5.74, 6) is -1.08. The van der Waals surface area contributed by atoms with E-state index in [0.717, 1.165) is 23.5 Å². The second-order valence-electron chi connectivity index (χ2n) is 6.82. The van der Waals surface area contributed by atoms with E-state index < -0.39 is 11.9 Å². The van der Waals surface area contributed by atoms with Gasteiger partial charge in [0.25, 0.3) is 0 Å². The van der Waals surface area contributed by atoms with E-state index in [1.54, 1.807) is 0 Å². The minimum Gasteiger partial charge on any atom is -0.486 e. The van der Waals surface area contributed by atoms with Gasteiger partial charge >= 0.3 is 11.9 Å². The number of carbonyl (C=O) groups excluding carboxylic acids is 1. The molecule has 2 heterocycles. The van der Waals surface area contributed by atoms with Gasteiger partial charge in [0.15, 0.2) is 11.5 Å². The van der Waals surface area contributed by atoms with Gasteiger partial charge in [-0.2, -0.15) is 0 Å². The lowest BCUT2D eigenvalue weighted by Gasteiger charge is -2.28. The van der Waals surface area contributed by atoms with Crippen LogP contribution in [0.15, 0.2) is 54.6 Å². The summed E-state index contributed by atoms with van der Waals surface area (Å²) in [5, 5.41) is 21.9. The number of carboxylic acid groups (broad SMARTS) is 2. The van der Waals surface area contributed by atoms with Crippen LogP contribution in [0.5, 0.6) is 11.5 Å². The van der Waals surface area contributed by atoms with Crippen LogP contribution in [0.25, 0.3) is 0 Å². The largest absolute Gasteiger partial charge is 0.486 e. The van der Waals surface area contributed by atoms with Gasteiger partial charge in [-0.05, 0) is 17.7 Å². The van der Waals surface area contributed by atoms with Crippen molar-refractivity contribution in [2.24, 2.45) is 0 Å². The molecule has 0 saturated heterocycles. The number of ether oxygens (including phenoxy) is 2. The third-order valence-corrected chi connectivity index (χ3v) is 4.46. The number of carboxylic acids is 2. The van der Waals surface area contributed by atoms with Crippen LogP contribution in [-0.2, 0) is 27.3 Å². The third kappa shape index (κ3) is 6.31. The zero-order valence-electron chi connectivity index (χ0n) is 16.5. The fourth-order valence-corrected chi connectivity index (χ4v) is 3.10. The van der Waals surface area contributed by atoms with Gasteiger partial charge in [-0.1, -0.05) is 30.3 Å². The number of rotatable bonds is 6. The van der Waals surface area contributed by atoms with Gasteiger partial charge in [-0.15, -0.1) is 0 Å². The summed E-state index contributed by atoms with van der Waals surface area (Å²) in [5.41, 5.74) is 2.97. The summed E-state index contributed by atoms with van der Waals surface area (Å²) in [6.07, 6.45) is 1.41. The van der Waals surface area contributed by atoms with Crippen LogP contribution in [0.1, 0.15) is 11.1 Å².